The van der Waals surface area contributed by atoms with E-state index in [0.717, 1.165) is 62.5 Å². The van der Waals surface area contributed by atoms with E-state index in [1.807, 2.05) is 35.2 Å². The minimum atomic E-state index is -0.202. The van der Waals surface area contributed by atoms with Crippen LogP contribution in [0.3, 0.4) is 0 Å². The van der Waals surface area contributed by atoms with Crippen LogP contribution in [0, 0.1) is 40.9 Å². The van der Waals surface area contributed by atoms with Crippen LogP contribution < -0.4 is 0 Å². The molecule has 2 saturated heterocycles. The summed E-state index contributed by atoms with van der Waals surface area (Å²) in [4.78, 5) is 27.8. The number of benzene rings is 1. The molecule has 0 aromatic heterocycles. The van der Waals surface area contributed by atoms with Crippen LogP contribution in [0.15, 0.2) is 41.5 Å². The second kappa shape index (κ2) is 10.2. The zero-order valence-corrected chi connectivity index (χ0v) is 25.6. The Morgan fingerprint density at radius 1 is 1.10 bits per heavy atom. The standard InChI is InChI=1S/C36H49NO4/c1-22-16-32-33(37(20-22)34(39)40-21-25-8-6-5-7-9-25)24(3)36(41-32)15-13-28-29-11-10-26-17-27(38)12-14-35(26,4)31(29)18-30(28)23(2)19-36/h5-9,22,24,26,28-29,31-33H,10-21H2,1-4H3/t22-,24+,26+,28-,29?,31-,32+,33-,35-,36-/m0/s1. The predicted molar refractivity (Wildman–Crippen MR) is 159 cm³/mol. The molecule has 2 heterocycles. The van der Waals surface area contributed by atoms with Crippen molar-refractivity contribution in [3.63, 3.8) is 0 Å². The summed E-state index contributed by atoms with van der Waals surface area (Å²) < 4.78 is 13.0. The van der Waals surface area contributed by atoms with E-state index in [1.54, 1.807) is 11.1 Å². The van der Waals surface area contributed by atoms with E-state index in [0.29, 0.717) is 35.6 Å². The van der Waals surface area contributed by atoms with Gasteiger partial charge in [0.05, 0.1) is 17.7 Å². The van der Waals surface area contributed by atoms with Crippen molar-refractivity contribution in [3.05, 3.63) is 47.0 Å². The van der Waals surface area contributed by atoms with Crippen molar-refractivity contribution in [1.82, 2.24) is 4.90 Å². The molecule has 222 valence electrons. The van der Waals surface area contributed by atoms with Crippen LogP contribution in [0.5, 0.6) is 0 Å². The van der Waals surface area contributed by atoms with Crippen molar-refractivity contribution in [2.75, 3.05) is 6.54 Å². The molecular weight excluding hydrogens is 510 g/mol. The van der Waals surface area contributed by atoms with Gasteiger partial charge >= 0.3 is 6.09 Å². The largest absolute Gasteiger partial charge is 0.445 e. The molecule has 7 rings (SSSR count). The molecule has 0 bridgehead atoms. The lowest BCUT2D eigenvalue weighted by Crippen LogP contribution is -2.54. The van der Waals surface area contributed by atoms with Crippen LogP contribution in [-0.2, 0) is 20.9 Å². The Labute approximate surface area is 246 Å². The van der Waals surface area contributed by atoms with Crippen molar-refractivity contribution < 1.29 is 19.1 Å². The lowest BCUT2D eigenvalue weighted by atomic mass is 9.52. The molecule has 1 aromatic rings. The number of fused-ring (bicyclic) bond motifs is 6. The maximum absolute atomic E-state index is 13.5. The molecule has 1 aromatic carbocycles. The molecule has 1 amide bonds. The Hall–Kier alpha value is -2.14. The zero-order chi connectivity index (χ0) is 28.5. The predicted octanol–water partition coefficient (Wildman–Crippen LogP) is 7.73. The Bertz CT molecular complexity index is 1230. The Balaban J connectivity index is 1.11. The minimum Gasteiger partial charge on any atom is -0.445 e. The van der Waals surface area contributed by atoms with Gasteiger partial charge in [-0.3, -0.25) is 4.79 Å². The van der Waals surface area contributed by atoms with E-state index in [1.165, 1.54) is 25.7 Å². The number of hydrogen-bond acceptors (Lipinski definition) is 4. The van der Waals surface area contributed by atoms with Gasteiger partial charge in [-0.05, 0) is 98.9 Å². The van der Waals surface area contributed by atoms with Crippen LogP contribution in [0.4, 0.5) is 4.79 Å². The summed E-state index contributed by atoms with van der Waals surface area (Å²) in [7, 11) is 0. The van der Waals surface area contributed by atoms with Crippen LogP contribution in [0.2, 0.25) is 0 Å². The molecule has 41 heavy (non-hydrogen) atoms. The summed E-state index contributed by atoms with van der Waals surface area (Å²) in [5.74, 6) is 3.91. The summed E-state index contributed by atoms with van der Waals surface area (Å²) in [5, 5.41) is 0. The highest BCUT2D eigenvalue weighted by molar-refractivity contribution is 5.79. The van der Waals surface area contributed by atoms with Crippen LogP contribution in [-0.4, -0.2) is 41.1 Å². The number of rotatable bonds is 2. The number of Topliss-reactive ketones (excluding diaryl/α,β-unsaturated/α-hetero) is 1. The molecule has 4 aliphatic carbocycles. The van der Waals surface area contributed by atoms with E-state index in [-0.39, 0.29) is 29.8 Å². The number of hydrogen-bond donors (Lipinski definition) is 0. The van der Waals surface area contributed by atoms with E-state index < -0.39 is 0 Å². The number of carbonyl (C=O) groups excluding carboxylic acids is 2. The van der Waals surface area contributed by atoms with Gasteiger partial charge in [-0.1, -0.05) is 62.2 Å². The smallest absolute Gasteiger partial charge is 0.410 e. The Kier molecular flexibility index (Phi) is 6.92. The average Bonchev–Trinajstić information content (AvgIpc) is 3.42. The highest BCUT2D eigenvalue weighted by Crippen LogP contribution is 2.65. The first-order valence-electron chi connectivity index (χ1n) is 16.5. The monoisotopic (exact) mass is 559 g/mol. The highest BCUT2D eigenvalue weighted by Gasteiger charge is 2.60. The molecule has 1 unspecified atom stereocenters. The molecule has 0 radical (unpaired) electrons. The lowest BCUT2D eigenvalue weighted by Gasteiger charge is -2.52. The molecule has 5 fully saturated rings. The van der Waals surface area contributed by atoms with Crippen molar-refractivity contribution in [2.45, 2.75) is 116 Å². The Morgan fingerprint density at radius 2 is 1.90 bits per heavy atom. The Morgan fingerprint density at radius 3 is 2.71 bits per heavy atom. The van der Waals surface area contributed by atoms with E-state index >= 15 is 0 Å². The van der Waals surface area contributed by atoms with Gasteiger partial charge in [0.25, 0.3) is 0 Å². The number of allylic oxidation sites excluding steroid dienone is 1. The van der Waals surface area contributed by atoms with E-state index in [4.69, 9.17) is 9.47 Å². The molecule has 5 nitrogen and oxygen atoms in total. The van der Waals surface area contributed by atoms with E-state index in [9.17, 15) is 9.59 Å². The quantitative estimate of drug-likeness (QED) is 0.348. The number of carbonyl (C=O) groups is 2. The van der Waals surface area contributed by atoms with Crippen LogP contribution >= 0.6 is 0 Å². The summed E-state index contributed by atoms with van der Waals surface area (Å²) in [6.07, 6.45) is 10.6. The summed E-state index contributed by atoms with van der Waals surface area (Å²) in [6.45, 7) is 10.6. The maximum Gasteiger partial charge on any atom is 0.410 e. The van der Waals surface area contributed by atoms with Crippen molar-refractivity contribution in [2.24, 2.45) is 40.9 Å². The zero-order valence-electron chi connectivity index (χ0n) is 25.6. The fraction of sp³-hybridized carbons (Fsp3) is 0.722. The van der Waals surface area contributed by atoms with Gasteiger partial charge in [0.1, 0.15) is 12.4 Å². The molecule has 5 heteroatoms. The summed E-state index contributed by atoms with van der Waals surface area (Å²) in [5.41, 5.74) is 4.44. The lowest BCUT2D eigenvalue weighted by molar-refractivity contribution is -0.129. The topological polar surface area (TPSA) is 55.8 Å². The van der Waals surface area contributed by atoms with Crippen molar-refractivity contribution in [3.8, 4) is 0 Å². The molecular formula is C36H49NO4. The minimum absolute atomic E-state index is 0.0760. The molecule has 0 N–H and O–H groups in total. The number of nitrogens with zero attached hydrogens (tertiary/aromatic N) is 1. The third-order valence-corrected chi connectivity index (χ3v) is 13.0. The van der Waals surface area contributed by atoms with Gasteiger partial charge in [0.2, 0.25) is 0 Å². The molecule has 6 aliphatic rings. The van der Waals surface area contributed by atoms with Gasteiger partial charge in [0.15, 0.2) is 0 Å². The van der Waals surface area contributed by atoms with Crippen LogP contribution in [0.25, 0.3) is 0 Å². The SMILES string of the molecule is CC1=C2C[C@H]3C(CC[C@@H]4CC(=O)CC[C@@]43C)[C@@H]2CC[C@@]2(C1)O[C@@H]1C[C@H](C)CN(C(=O)OCc3ccccc3)[C@H]1[C@H]2C. The normalized spacial score (nSPS) is 43.7. The highest BCUT2D eigenvalue weighted by atomic mass is 16.6. The molecule has 10 atom stereocenters. The number of ketones is 1. The third-order valence-electron chi connectivity index (χ3n) is 13.0. The second-order valence-corrected chi connectivity index (χ2v) is 15.2. The molecule has 2 aliphatic heterocycles. The van der Waals surface area contributed by atoms with Gasteiger partial charge in [-0.25, -0.2) is 4.79 Å². The second-order valence-electron chi connectivity index (χ2n) is 15.2. The fourth-order valence-electron chi connectivity index (χ4n) is 10.9. The first-order chi connectivity index (χ1) is 19.7. The van der Waals surface area contributed by atoms with Gasteiger partial charge in [-0.2, -0.15) is 0 Å². The fourth-order valence-corrected chi connectivity index (χ4v) is 10.9. The van der Waals surface area contributed by atoms with Gasteiger partial charge < -0.3 is 14.4 Å². The van der Waals surface area contributed by atoms with Gasteiger partial charge in [-0.15, -0.1) is 0 Å². The first-order valence-corrected chi connectivity index (χ1v) is 16.5. The van der Waals surface area contributed by atoms with Crippen molar-refractivity contribution >= 4 is 11.9 Å². The number of likely N-dealkylation sites (tertiary alicyclic amines) is 1. The molecule has 3 saturated carbocycles. The number of ether oxygens (including phenoxy) is 2. The average molecular weight is 560 g/mol. The third kappa shape index (κ3) is 4.51. The number of amides is 1. The number of piperidine rings is 1. The summed E-state index contributed by atoms with van der Waals surface area (Å²) in [6, 6.07) is 10.1. The van der Waals surface area contributed by atoms with Crippen LogP contribution in [0.1, 0.15) is 97.5 Å². The summed E-state index contributed by atoms with van der Waals surface area (Å²) >= 11 is 0. The van der Waals surface area contributed by atoms with Crippen molar-refractivity contribution in [1.29, 1.82) is 0 Å². The van der Waals surface area contributed by atoms with E-state index in [2.05, 4.69) is 27.7 Å². The maximum atomic E-state index is 13.5. The first kappa shape index (κ1) is 27.7. The van der Waals surface area contributed by atoms with Gasteiger partial charge in [0, 0.05) is 25.3 Å². The molecule has 1 spiro atoms.